The molecule has 0 aromatic heterocycles. The SMILES string of the molecule is CC(C)(C)OC(=O)CN1CCN(CC(=O)OC(C)(C)C)CCN([C@H](CCC(=O)N[C@@H](CS(=O)(=O)O)C(=O)NCCN)C(=O)OC(C)(C)C)CC1. The molecule has 290 valence electrons. The van der Waals surface area contributed by atoms with Crippen LogP contribution in [-0.2, 0) is 48.3 Å². The molecule has 50 heavy (non-hydrogen) atoms. The number of carbonyl (C=O) groups is 5. The smallest absolute Gasteiger partial charge is 0.323 e. The van der Waals surface area contributed by atoms with Crippen LogP contribution in [-0.4, -0.2) is 157 Å². The third-order valence-corrected chi connectivity index (χ3v) is 7.68. The maximum absolute atomic E-state index is 13.7. The van der Waals surface area contributed by atoms with Crippen LogP contribution in [0.25, 0.3) is 0 Å². The number of ether oxygens (including phenoxy) is 3. The molecule has 0 aromatic carbocycles. The summed E-state index contributed by atoms with van der Waals surface area (Å²) in [4.78, 5) is 70.4. The summed E-state index contributed by atoms with van der Waals surface area (Å²) in [6.07, 6.45) is -0.391. The Morgan fingerprint density at radius 1 is 0.760 bits per heavy atom. The number of nitrogens with one attached hydrogen (secondary N) is 2. The molecular formula is C32H60N6O11S. The summed E-state index contributed by atoms with van der Waals surface area (Å²) in [5.41, 5.74) is 3.14. The predicted molar refractivity (Wildman–Crippen MR) is 185 cm³/mol. The van der Waals surface area contributed by atoms with Gasteiger partial charge in [0.15, 0.2) is 0 Å². The van der Waals surface area contributed by atoms with Crippen molar-refractivity contribution < 1.29 is 51.2 Å². The highest BCUT2D eigenvalue weighted by molar-refractivity contribution is 7.85. The van der Waals surface area contributed by atoms with Gasteiger partial charge in [-0.25, -0.2) is 0 Å². The fourth-order valence-corrected chi connectivity index (χ4v) is 5.62. The molecule has 0 aromatic rings. The molecule has 0 radical (unpaired) electrons. The van der Waals surface area contributed by atoms with E-state index in [-0.39, 0.29) is 52.1 Å². The van der Waals surface area contributed by atoms with E-state index in [1.807, 2.05) is 14.7 Å². The molecule has 1 heterocycles. The van der Waals surface area contributed by atoms with E-state index >= 15 is 0 Å². The van der Waals surface area contributed by atoms with E-state index in [2.05, 4.69) is 10.6 Å². The molecular weight excluding hydrogens is 676 g/mol. The molecule has 0 aliphatic carbocycles. The third-order valence-electron chi connectivity index (χ3n) is 6.92. The maximum atomic E-state index is 13.7. The van der Waals surface area contributed by atoms with E-state index in [1.165, 1.54) is 0 Å². The van der Waals surface area contributed by atoms with Crippen molar-refractivity contribution in [2.75, 3.05) is 71.2 Å². The zero-order valence-corrected chi connectivity index (χ0v) is 32.0. The van der Waals surface area contributed by atoms with Crippen LogP contribution < -0.4 is 16.4 Å². The van der Waals surface area contributed by atoms with Crippen molar-refractivity contribution in [3.05, 3.63) is 0 Å². The number of rotatable bonds is 15. The molecule has 2 amide bonds. The Kier molecular flexibility index (Phi) is 17.7. The Morgan fingerprint density at radius 2 is 1.20 bits per heavy atom. The molecule has 18 heteroatoms. The lowest BCUT2D eigenvalue weighted by Crippen LogP contribution is -2.52. The van der Waals surface area contributed by atoms with Crippen LogP contribution in [0.2, 0.25) is 0 Å². The number of nitrogens with two attached hydrogens (primary N) is 1. The van der Waals surface area contributed by atoms with Crippen molar-refractivity contribution in [1.82, 2.24) is 25.3 Å². The predicted octanol–water partition coefficient (Wildman–Crippen LogP) is -0.473. The number of nitrogens with zero attached hydrogens (tertiary/aromatic N) is 3. The number of carbonyl (C=O) groups excluding carboxylic acids is 5. The molecule has 0 bridgehead atoms. The minimum Gasteiger partial charge on any atom is -0.459 e. The van der Waals surface area contributed by atoms with E-state index < -0.39 is 74.5 Å². The van der Waals surface area contributed by atoms with Crippen molar-refractivity contribution in [3.8, 4) is 0 Å². The van der Waals surface area contributed by atoms with E-state index in [9.17, 15) is 36.9 Å². The quantitative estimate of drug-likeness (QED) is 0.0947. The Hall–Kier alpha value is -2.90. The van der Waals surface area contributed by atoms with Crippen LogP contribution in [0.3, 0.4) is 0 Å². The first-order chi connectivity index (χ1) is 22.8. The average molecular weight is 737 g/mol. The van der Waals surface area contributed by atoms with Crippen LogP contribution in [0, 0.1) is 0 Å². The van der Waals surface area contributed by atoms with Gasteiger partial charge in [-0.05, 0) is 68.7 Å². The van der Waals surface area contributed by atoms with Crippen molar-refractivity contribution in [2.24, 2.45) is 5.73 Å². The number of esters is 3. The highest BCUT2D eigenvalue weighted by Crippen LogP contribution is 2.17. The lowest BCUT2D eigenvalue weighted by atomic mass is 10.1. The molecule has 0 unspecified atom stereocenters. The van der Waals surface area contributed by atoms with Gasteiger partial charge in [0.05, 0.1) is 13.1 Å². The Labute approximate surface area is 297 Å². The summed E-state index contributed by atoms with van der Waals surface area (Å²) in [7, 11) is -4.64. The molecule has 5 N–H and O–H groups in total. The molecule has 2 atom stereocenters. The summed E-state index contributed by atoms with van der Waals surface area (Å²) in [6, 6.07) is -2.58. The molecule has 1 fully saturated rings. The van der Waals surface area contributed by atoms with Crippen LogP contribution in [0.1, 0.15) is 75.2 Å². The molecule has 0 saturated carbocycles. The topological polar surface area (TPSA) is 227 Å². The normalized spacial score (nSPS) is 17.3. The molecule has 0 spiro atoms. The van der Waals surface area contributed by atoms with Crippen molar-refractivity contribution >= 4 is 39.8 Å². The first-order valence-electron chi connectivity index (χ1n) is 16.8. The zero-order valence-electron chi connectivity index (χ0n) is 31.2. The van der Waals surface area contributed by atoms with Gasteiger partial charge in [-0.15, -0.1) is 0 Å². The molecule has 1 aliphatic heterocycles. The Morgan fingerprint density at radius 3 is 1.60 bits per heavy atom. The van der Waals surface area contributed by atoms with Gasteiger partial charge >= 0.3 is 17.9 Å². The van der Waals surface area contributed by atoms with Crippen LogP contribution >= 0.6 is 0 Å². The average Bonchev–Trinajstić information content (AvgIpc) is 2.99. The number of hydrogen-bond acceptors (Lipinski definition) is 14. The molecule has 1 saturated heterocycles. The van der Waals surface area contributed by atoms with Crippen molar-refractivity contribution in [3.63, 3.8) is 0 Å². The largest absolute Gasteiger partial charge is 0.459 e. The minimum absolute atomic E-state index is 0.0161. The number of amides is 2. The fraction of sp³-hybridized carbons (Fsp3) is 0.844. The van der Waals surface area contributed by atoms with E-state index in [0.717, 1.165) is 0 Å². The standard InChI is InChI=1S/C32H60N6O11S/c1-30(2,3)47-26(40)20-36-14-15-37(21-27(41)48-31(4,5)6)17-19-38(18-16-36)24(29(43)49-32(7,8)9)10-11-25(39)35-23(22-50(44,45)46)28(42)34-13-12-33/h23-24H,10-22,33H2,1-9H3,(H,34,42)(H,35,39)(H,44,45,46)/t23-,24+/m0/s1. The summed E-state index contributed by atoms with van der Waals surface area (Å²) in [6.45, 7) is 17.8. The van der Waals surface area contributed by atoms with Gasteiger partial charge in [-0.1, -0.05) is 0 Å². The fourth-order valence-electron chi connectivity index (χ4n) is 4.96. The monoisotopic (exact) mass is 736 g/mol. The summed E-state index contributed by atoms with van der Waals surface area (Å²) >= 11 is 0. The van der Waals surface area contributed by atoms with Crippen LogP contribution in [0.15, 0.2) is 0 Å². The van der Waals surface area contributed by atoms with E-state index in [0.29, 0.717) is 26.2 Å². The highest BCUT2D eigenvalue weighted by atomic mass is 32.2. The first-order valence-corrected chi connectivity index (χ1v) is 18.5. The second-order valence-electron chi connectivity index (χ2n) is 15.3. The van der Waals surface area contributed by atoms with E-state index in [4.69, 9.17) is 19.9 Å². The van der Waals surface area contributed by atoms with Gasteiger partial charge in [0.25, 0.3) is 10.1 Å². The molecule has 1 aliphatic rings. The van der Waals surface area contributed by atoms with Crippen LogP contribution in [0.5, 0.6) is 0 Å². The van der Waals surface area contributed by atoms with Gasteiger partial charge in [0, 0.05) is 58.8 Å². The summed E-state index contributed by atoms with van der Waals surface area (Å²) < 4.78 is 49.3. The van der Waals surface area contributed by atoms with E-state index in [1.54, 1.807) is 62.3 Å². The summed E-state index contributed by atoms with van der Waals surface area (Å²) in [5, 5.41) is 4.72. The lowest BCUT2D eigenvalue weighted by Gasteiger charge is -2.34. The molecule has 1 rings (SSSR count). The Bertz CT molecular complexity index is 1220. The van der Waals surface area contributed by atoms with Gasteiger partial charge in [-0.2, -0.15) is 8.42 Å². The zero-order chi connectivity index (χ0) is 38.5. The van der Waals surface area contributed by atoms with Gasteiger partial charge < -0.3 is 30.6 Å². The lowest BCUT2D eigenvalue weighted by molar-refractivity contribution is -0.163. The maximum Gasteiger partial charge on any atom is 0.323 e. The molecule has 17 nitrogen and oxygen atoms in total. The second-order valence-corrected chi connectivity index (χ2v) is 16.8. The highest BCUT2D eigenvalue weighted by Gasteiger charge is 2.34. The van der Waals surface area contributed by atoms with Crippen LogP contribution in [0.4, 0.5) is 0 Å². The van der Waals surface area contributed by atoms with Gasteiger partial charge in [-0.3, -0.25) is 43.2 Å². The first kappa shape index (κ1) is 45.1. The Balaban J connectivity index is 3.34. The van der Waals surface area contributed by atoms with Gasteiger partial charge in [0.2, 0.25) is 11.8 Å². The van der Waals surface area contributed by atoms with Gasteiger partial charge in [0.1, 0.15) is 34.6 Å². The van der Waals surface area contributed by atoms with Crippen molar-refractivity contribution in [1.29, 1.82) is 0 Å². The number of hydrogen-bond donors (Lipinski definition) is 4. The minimum atomic E-state index is -4.64. The second kappa shape index (κ2) is 19.6. The van der Waals surface area contributed by atoms with Crippen molar-refractivity contribution in [2.45, 2.75) is 104 Å². The third kappa shape index (κ3) is 20.7. The summed E-state index contributed by atoms with van der Waals surface area (Å²) in [5.74, 6) is -4.12.